The van der Waals surface area contributed by atoms with E-state index >= 15 is 0 Å². The quantitative estimate of drug-likeness (QED) is 0.328. The summed E-state index contributed by atoms with van der Waals surface area (Å²) < 4.78 is 5.09. The summed E-state index contributed by atoms with van der Waals surface area (Å²) in [5.41, 5.74) is 1.74. The molecule has 0 radical (unpaired) electrons. The molecule has 4 atom stereocenters. The van der Waals surface area contributed by atoms with Crippen LogP contribution in [0, 0.1) is 20.2 Å². The zero-order valence-electron chi connectivity index (χ0n) is 22.3. The van der Waals surface area contributed by atoms with E-state index in [4.69, 9.17) is 4.74 Å². The van der Waals surface area contributed by atoms with Crippen LogP contribution in [0.5, 0.6) is 0 Å². The number of carbonyl (C=O) groups excluding carboxylic acids is 1. The Bertz CT molecular complexity index is 1120. The normalized spacial score (nSPS) is 22.1. The van der Waals surface area contributed by atoms with Gasteiger partial charge in [-0.15, -0.1) is 0 Å². The van der Waals surface area contributed by atoms with Crippen molar-refractivity contribution >= 4 is 12.2 Å². The first-order valence-corrected chi connectivity index (χ1v) is 13.5. The Morgan fingerprint density at radius 1 is 0.825 bits per heavy atom. The maximum Gasteiger partial charge on any atom is 0.408 e. The van der Waals surface area contributed by atoms with Gasteiger partial charge in [0.1, 0.15) is 12.6 Å². The number of nitro groups is 2. The van der Waals surface area contributed by atoms with Gasteiger partial charge >= 0.3 is 12.2 Å². The molecule has 2 fully saturated rings. The van der Waals surface area contributed by atoms with Crippen molar-refractivity contribution in [1.82, 2.24) is 10.2 Å². The highest BCUT2D eigenvalue weighted by Gasteiger charge is 2.40. The van der Waals surface area contributed by atoms with Crippen LogP contribution >= 0.6 is 0 Å². The molecular weight excluding hydrogens is 520 g/mol. The van der Waals surface area contributed by atoms with Crippen molar-refractivity contribution in [2.24, 2.45) is 0 Å². The summed E-state index contributed by atoms with van der Waals surface area (Å²) in [4.78, 5) is 45.8. The van der Waals surface area contributed by atoms with Gasteiger partial charge < -0.3 is 15.2 Å². The number of benzene rings is 2. The summed E-state index contributed by atoms with van der Waals surface area (Å²) in [5, 5.41) is 34.1. The van der Waals surface area contributed by atoms with Crippen LogP contribution < -0.4 is 5.32 Å². The first-order valence-electron chi connectivity index (χ1n) is 13.5. The lowest BCUT2D eigenvalue weighted by molar-refractivity contribution is -0.533. The van der Waals surface area contributed by atoms with Crippen molar-refractivity contribution in [1.29, 1.82) is 0 Å². The second kappa shape index (κ2) is 15.4. The molecule has 2 aromatic carbocycles. The number of hydrogen-bond donors (Lipinski definition) is 2. The van der Waals surface area contributed by atoms with E-state index in [1.165, 1.54) is 4.90 Å². The van der Waals surface area contributed by atoms with Crippen LogP contribution in [0.2, 0.25) is 0 Å². The van der Waals surface area contributed by atoms with Crippen LogP contribution in [-0.4, -0.2) is 56.2 Å². The molecule has 0 bridgehead atoms. The molecule has 216 valence electrons. The Hall–Kier alpha value is -4.22. The van der Waals surface area contributed by atoms with E-state index in [-0.39, 0.29) is 23.0 Å². The van der Waals surface area contributed by atoms with Gasteiger partial charge in [0.15, 0.2) is 0 Å². The molecule has 2 aromatic rings. The van der Waals surface area contributed by atoms with Crippen molar-refractivity contribution in [3.8, 4) is 0 Å². The smallest absolute Gasteiger partial charge is 0.408 e. The van der Waals surface area contributed by atoms with Gasteiger partial charge in [0.05, 0.1) is 6.04 Å². The van der Waals surface area contributed by atoms with E-state index in [0.717, 1.165) is 36.8 Å². The van der Waals surface area contributed by atoms with Crippen molar-refractivity contribution in [2.75, 3.05) is 0 Å². The lowest BCUT2D eigenvalue weighted by Gasteiger charge is -2.33. The molecular formula is C28H36N4O8. The Morgan fingerprint density at radius 3 is 1.93 bits per heavy atom. The van der Waals surface area contributed by atoms with Gasteiger partial charge in [0.25, 0.3) is 0 Å². The van der Waals surface area contributed by atoms with Gasteiger partial charge in [0.2, 0.25) is 12.1 Å². The maximum absolute atomic E-state index is 11.7. The van der Waals surface area contributed by atoms with Gasteiger partial charge in [-0.25, -0.2) is 9.59 Å². The van der Waals surface area contributed by atoms with E-state index in [1.807, 2.05) is 60.7 Å². The third kappa shape index (κ3) is 9.21. The van der Waals surface area contributed by atoms with Gasteiger partial charge in [-0.1, -0.05) is 73.5 Å². The lowest BCUT2D eigenvalue weighted by Crippen LogP contribution is -2.50. The Kier molecular flexibility index (Phi) is 11.7. The highest BCUT2D eigenvalue weighted by atomic mass is 16.6. The van der Waals surface area contributed by atoms with Crippen LogP contribution in [0.15, 0.2) is 60.7 Å². The first-order chi connectivity index (χ1) is 19.3. The van der Waals surface area contributed by atoms with E-state index in [0.29, 0.717) is 25.7 Å². The number of nitrogens with zero attached hydrogens (tertiary/aromatic N) is 3. The van der Waals surface area contributed by atoms with Crippen molar-refractivity contribution in [3.05, 3.63) is 92.0 Å². The molecule has 0 aliphatic heterocycles. The maximum atomic E-state index is 11.7. The Balaban J connectivity index is 0.000000220. The third-order valence-corrected chi connectivity index (χ3v) is 7.32. The molecule has 2 N–H and O–H groups in total. The fourth-order valence-corrected chi connectivity index (χ4v) is 5.26. The topological polar surface area (TPSA) is 165 Å². The average Bonchev–Trinajstić information content (AvgIpc) is 2.96. The number of ether oxygens (including phenoxy) is 1. The van der Waals surface area contributed by atoms with Gasteiger partial charge in [-0.3, -0.25) is 25.1 Å². The lowest BCUT2D eigenvalue weighted by atomic mass is 9.89. The monoisotopic (exact) mass is 556 g/mol. The number of hydrogen-bond acceptors (Lipinski definition) is 7. The van der Waals surface area contributed by atoms with E-state index in [9.17, 15) is 34.9 Å². The van der Waals surface area contributed by atoms with Crippen molar-refractivity contribution in [2.45, 2.75) is 88.7 Å². The number of carbonyl (C=O) groups is 2. The summed E-state index contributed by atoms with van der Waals surface area (Å²) in [6.45, 7) is 0.369. The SMILES string of the molecule is O=C(NC1CCCCC1[N+](=O)[O-])OCc1ccccc1.O=C(O)N(Cc1ccccc1)C1CCCCC1[N+](=O)[O-]. The molecule has 2 aliphatic rings. The summed E-state index contributed by atoms with van der Waals surface area (Å²) >= 11 is 0. The average molecular weight is 557 g/mol. The van der Waals surface area contributed by atoms with Crippen molar-refractivity contribution < 1.29 is 29.3 Å². The van der Waals surface area contributed by atoms with Crippen LogP contribution in [0.25, 0.3) is 0 Å². The first kappa shape index (κ1) is 30.3. The molecule has 4 unspecified atom stereocenters. The number of carboxylic acid groups (broad SMARTS) is 1. The highest BCUT2D eigenvalue weighted by Crippen LogP contribution is 2.27. The number of nitrogens with one attached hydrogen (secondary N) is 1. The molecule has 4 rings (SSSR count). The standard InChI is InChI=1S/2C14H18N2O4/c17-14(20-10-11-6-2-1-3-7-11)15-12-8-4-5-9-13(12)16(18)19;17-14(18)15(10-11-6-2-1-3-7-11)12-8-4-5-9-13(12)16(19)20/h1-3,6-7,12-13H,4-5,8-10H2,(H,15,17);1-3,6-7,12-13H,4-5,8-10H2,(H,17,18). The summed E-state index contributed by atoms with van der Waals surface area (Å²) in [6.07, 6.45) is 3.84. The molecule has 2 aliphatic carbocycles. The second-order valence-electron chi connectivity index (χ2n) is 10.1. The van der Waals surface area contributed by atoms with E-state index in [1.54, 1.807) is 0 Å². The van der Waals surface area contributed by atoms with Crippen LogP contribution in [0.4, 0.5) is 9.59 Å². The molecule has 2 saturated carbocycles. The minimum atomic E-state index is -1.09. The third-order valence-electron chi connectivity index (χ3n) is 7.32. The zero-order valence-corrected chi connectivity index (χ0v) is 22.3. The molecule has 2 amide bonds. The summed E-state index contributed by atoms with van der Waals surface area (Å²) in [5.74, 6) is 0. The Labute approximate surface area is 232 Å². The molecule has 12 nitrogen and oxygen atoms in total. The molecule has 12 heteroatoms. The van der Waals surface area contributed by atoms with Gasteiger partial charge in [-0.2, -0.15) is 0 Å². The fraction of sp³-hybridized carbons (Fsp3) is 0.500. The molecule has 0 saturated heterocycles. The predicted molar refractivity (Wildman–Crippen MR) is 146 cm³/mol. The zero-order chi connectivity index (χ0) is 28.9. The van der Waals surface area contributed by atoms with E-state index in [2.05, 4.69) is 5.32 Å². The predicted octanol–water partition coefficient (Wildman–Crippen LogP) is 5.26. The number of amides is 2. The van der Waals surface area contributed by atoms with Crippen LogP contribution in [-0.2, 0) is 17.9 Å². The van der Waals surface area contributed by atoms with Gasteiger partial charge in [0, 0.05) is 29.2 Å². The van der Waals surface area contributed by atoms with Crippen molar-refractivity contribution in [3.63, 3.8) is 0 Å². The minimum absolute atomic E-state index is 0.169. The summed E-state index contributed by atoms with van der Waals surface area (Å²) in [7, 11) is 0. The fourth-order valence-electron chi connectivity index (χ4n) is 5.26. The number of alkyl carbamates (subject to hydrolysis) is 1. The molecule has 0 spiro atoms. The minimum Gasteiger partial charge on any atom is -0.465 e. The second-order valence-corrected chi connectivity index (χ2v) is 10.1. The largest absolute Gasteiger partial charge is 0.465 e. The molecule has 40 heavy (non-hydrogen) atoms. The van der Waals surface area contributed by atoms with Crippen LogP contribution in [0.3, 0.4) is 0 Å². The van der Waals surface area contributed by atoms with E-state index < -0.39 is 36.4 Å². The molecule has 0 aromatic heterocycles. The Morgan fingerprint density at radius 2 is 1.35 bits per heavy atom. The number of rotatable bonds is 8. The van der Waals surface area contributed by atoms with Crippen LogP contribution in [0.1, 0.15) is 62.5 Å². The molecule has 0 heterocycles. The summed E-state index contributed by atoms with van der Waals surface area (Å²) in [6, 6.07) is 16.1. The highest BCUT2D eigenvalue weighted by molar-refractivity contribution is 5.67. The van der Waals surface area contributed by atoms with Gasteiger partial charge in [-0.05, 0) is 36.8 Å².